The van der Waals surface area contributed by atoms with Crippen molar-refractivity contribution in [2.45, 2.75) is 19.6 Å². The summed E-state index contributed by atoms with van der Waals surface area (Å²) >= 11 is 5.06. The average Bonchev–Trinajstić information content (AvgIpc) is 2.62. The van der Waals surface area contributed by atoms with Crippen molar-refractivity contribution in [1.29, 1.82) is 0 Å². The Balaban J connectivity index is 1.70. The molecule has 2 rings (SSSR count). The predicted octanol–water partition coefficient (Wildman–Crippen LogP) is 4.87. The van der Waals surface area contributed by atoms with Gasteiger partial charge in [-0.15, -0.1) is 11.8 Å². The molecule has 0 aliphatic rings. The van der Waals surface area contributed by atoms with Gasteiger partial charge in [0.2, 0.25) is 5.91 Å². The van der Waals surface area contributed by atoms with E-state index >= 15 is 0 Å². The Morgan fingerprint density at radius 2 is 1.96 bits per heavy atom. The van der Waals surface area contributed by atoms with Gasteiger partial charge in [0.05, 0.1) is 18.6 Å². The molecule has 0 saturated heterocycles. The zero-order chi connectivity index (χ0) is 18.8. The zero-order valence-corrected chi connectivity index (χ0v) is 17.3. The van der Waals surface area contributed by atoms with Crippen molar-refractivity contribution >= 4 is 39.8 Å². The maximum absolute atomic E-state index is 11.8. The second-order valence-corrected chi connectivity index (χ2v) is 7.99. The number of hydrogen-bond acceptors (Lipinski definition) is 4. The van der Waals surface area contributed by atoms with Crippen LogP contribution in [0.1, 0.15) is 25.0 Å². The number of carbonyl (C=O) groups is 1. The van der Waals surface area contributed by atoms with Crippen LogP contribution in [0.5, 0.6) is 5.75 Å². The number of thioether (sulfide) groups is 1. The van der Waals surface area contributed by atoms with Crippen LogP contribution in [-0.4, -0.2) is 24.5 Å². The Hall–Kier alpha value is -1.79. The van der Waals surface area contributed by atoms with Gasteiger partial charge < -0.3 is 4.74 Å². The van der Waals surface area contributed by atoms with Gasteiger partial charge in [0.1, 0.15) is 5.75 Å². The number of hydrazone groups is 1. The van der Waals surface area contributed by atoms with Gasteiger partial charge in [0, 0.05) is 10.2 Å². The topological polar surface area (TPSA) is 50.7 Å². The molecule has 138 valence electrons. The van der Waals surface area contributed by atoms with Crippen LogP contribution >= 0.6 is 27.7 Å². The summed E-state index contributed by atoms with van der Waals surface area (Å²) in [6, 6.07) is 15.6. The lowest BCUT2D eigenvalue weighted by Gasteiger charge is -2.08. The molecule has 0 heterocycles. The summed E-state index contributed by atoms with van der Waals surface area (Å²) in [5.41, 5.74) is 4.63. The number of hydrogen-bond donors (Lipinski definition) is 1. The summed E-state index contributed by atoms with van der Waals surface area (Å²) in [6.45, 7) is 4.92. The second kappa shape index (κ2) is 11.0. The molecule has 1 amide bonds. The molecular weight excluding hydrogens is 412 g/mol. The lowest BCUT2D eigenvalue weighted by atomic mass is 10.2. The SMILES string of the molecule is CC(C)COc1ccc(/C=N\NC(=O)CSCc2ccccc2Br)cc1. The van der Waals surface area contributed by atoms with Crippen LogP contribution in [0.3, 0.4) is 0 Å². The van der Waals surface area contributed by atoms with E-state index in [0.717, 1.165) is 21.5 Å². The van der Waals surface area contributed by atoms with Gasteiger partial charge >= 0.3 is 0 Å². The Kier molecular flexibility index (Phi) is 8.71. The van der Waals surface area contributed by atoms with Crippen molar-refractivity contribution in [3.05, 3.63) is 64.1 Å². The highest BCUT2D eigenvalue weighted by Crippen LogP contribution is 2.21. The number of amides is 1. The minimum absolute atomic E-state index is 0.116. The number of nitrogens with zero attached hydrogens (tertiary/aromatic N) is 1. The van der Waals surface area contributed by atoms with Gasteiger partial charge in [0.15, 0.2) is 0 Å². The summed E-state index contributed by atoms with van der Waals surface area (Å²) in [7, 11) is 0. The molecular formula is C20H23BrN2O2S. The molecule has 0 saturated carbocycles. The molecule has 26 heavy (non-hydrogen) atoms. The van der Waals surface area contributed by atoms with Gasteiger partial charge in [0.25, 0.3) is 0 Å². The van der Waals surface area contributed by atoms with Crippen molar-refractivity contribution in [3.8, 4) is 5.75 Å². The van der Waals surface area contributed by atoms with Gasteiger partial charge in [-0.3, -0.25) is 4.79 Å². The first-order chi connectivity index (χ1) is 12.5. The van der Waals surface area contributed by atoms with E-state index in [4.69, 9.17) is 4.74 Å². The molecule has 0 bridgehead atoms. The minimum Gasteiger partial charge on any atom is -0.493 e. The van der Waals surface area contributed by atoms with Crippen molar-refractivity contribution < 1.29 is 9.53 Å². The van der Waals surface area contributed by atoms with Crippen LogP contribution in [0, 0.1) is 5.92 Å². The van der Waals surface area contributed by atoms with E-state index in [2.05, 4.69) is 40.3 Å². The number of benzene rings is 2. The maximum Gasteiger partial charge on any atom is 0.250 e. The molecule has 0 unspecified atom stereocenters. The van der Waals surface area contributed by atoms with E-state index in [-0.39, 0.29) is 5.91 Å². The number of halogens is 1. The Labute approximate surface area is 167 Å². The largest absolute Gasteiger partial charge is 0.493 e. The average molecular weight is 435 g/mol. The first kappa shape index (κ1) is 20.5. The van der Waals surface area contributed by atoms with Crippen LogP contribution in [0.2, 0.25) is 0 Å². The third kappa shape index (κ3) is 7.62. The zero-order valence-electron chi connectivity index (χ0n) is 14.9. The van der Waals surface area contributed by atoms with Crippen molar-refractivity contribution in [1.82, 2.24) is 5.43 Å². The maximum atomic E-state index is 11.8. The van der Waals surface area contributed by atoms with E-state index in [0.29, 0.717) is 18.3 Å². The van der Waals surface area contributed by atoms with Crippen molar-refractivity contribution in [3.63, 3.8) is 0 Å². The fraction of sp³-hybridized carbons (Fsp3) is 0.300. The lowest BCUT2D eigenvalue weighted by Crippen LogP contribution is -2.19. The predicted molar refractivity (Wildman–Crippen MR) is 113 cm³/mol. The first-order valence-electron chi connectivity index (χ1n) is 8.40. The summed E-state index contributed by atoms with van der Waals surface area (Å²) < 4.78 is 6.70. The first-order valence-corrected chi connectivity index (χ1v) is 10.4. The molecule has 6 heteroatoms. The molecule has 0 aromatic heterocycles. The molecule has 2 aromatic carbocycles. The van der Waals surface area contributed by atoms with Gasteiger partial charge in [-0.1, -0.05) is 48.0 Å². The second-order valence-electron chi connectivity index (χ2n) is 6.15. The fourth-order valence-electron chi connectivity index (χ4n) is 1.99. The number of nitrogens with one attached hydrogen (secondary N) is 1. The van der Waals surface area contributed by atoms with E-state index < -0.39 is 0 Å². The lowest BCUT2D eigenvalue weighted by molar-refractivity contribution is -0.118. The monoisotopic (exact) mass is 434 g/mol. The van der Waals surface area contributed by atoms with Crippen molar-refractivity contribution in [2.24, 2.45) is 11.0 Å². The van der Waals surface area contributed by atoms with Crippen LogP contribution < -0.4 is 10.2 Å². The normalized spacial score (nSPS) is 11.1. The Morgan fingerprint density at radius 3 is 2.65 bits per heavy atom. The number of carbonyl (C=O) groups excluding carboxylic acids is 1. The highest BCUT2D eigenvalue weighted by atomic mass is 79.9. The minimum atomic E-state index is -0.116. The highest BCUT2D eigenvalue weighted by Gasteiger charge is 2.03. The molecule has 1 N–H and O–H groups in total. The van der Waals surface area contributed by atoms with Crippen LogP contribution in [0.4, 0.5) is 0 Å². The molecule has 0 aliphatic carbocycles. The van der Waals surface area contributed by atoms with E-state index in [9.17, 15) is 4.79 Å². The summed E-state index contributed by atoms with van der Waals surface area (Å²) in [6.07, 6.45) is 1.63. The number of ether oxygens (including phenoxy) is 1. The third-order valence-corrected chi connectivity index (χ3v) is 5.07. The molecule has 4 nitrogen and oxygen atoms in total. The van der Waals surface area contributed by atoms with Crippen LogP contribution in [0.15, 0.2) is 58.1 Å². The number of rotatable bonds is 9. The van der Waals surface area contributed by atoms with Gasteiger partial charge in [-0.25, -0.2) is 5.43 Å². The van der Waals surface area contributed by atoms with Crippen LogP contribution in [-0.2, 0) is 10.5 Å². The Morgan fingerprint density at radius 1 is 1.23 bits per heavy atom. The highest BCUT2D eigenvalue weighted by molar-refractivity contribution is 9.10. The van der Waals surface area contributed by atoms with E-state index in [1.54, 1.807) is 18.0 Å². The third-order valence-electron chi connectivity index (χ3n) is 3.31. The molecule has 0 atom stereocenters. The summed E-state index contributed by atoms with van der Waals surface area (Å²) in [5, 5.41) is 4.00. The van der Waals surface area contributed by atoms with Gasteiger partial charge in [-0.2, -0.15) is 5.10 Å². The van der Waals surface area contributed by atoms with Crippen molar-refractivity contribution in [2.75, 3.05) is 12.4 Å². The smallest absolute Gasteiger partial charge is 0.250 e. The van der Waals surface area contributed by atoms with E-state index in [1.807, 2.05) is 48.5 Å². The van der Waals surface area contributed by atoms with E-state index in [1.165, 1.54) is 5.56 Å². The molecule has 2 aromatic rings. The fourth-order valence-corrected chi connectivity index (χ4v) is 3.43. The quantitative estimate of drug-likeness (QED) is 0.452. The van der Waals surface area contributed by atoms with Gasteiger partial charge in [-0.05, 0) is 47.4 Å². The molecule has 0 spiro atoms. The molecule has 0 fully saturated rings. The van der Waals surface area contributed by atoms with Crippen LogP contribution in [0.25, 0.3) is 0 Å². The summed E-state index contributed by atoms with van der Waals surface area (Å²) in [5.74, 6) is 2.35. The molecule has 0 radical (unpaired) electrons. The standard InChI is InChI=1S/C20H23BrN2O2S/c1-15(2)12-25-18-9-7-16(8-10-18)11-22-23-20(24)14-26-13-17-5-3-4-6-19(17)21/h3-11,15H,12-14H2,1-2H3,(H,23,24)/b22-11-. The molecule has 0 aliphatic heterocycles. The Bertz CT molecular complexity index is 733. The summed E-state index contributed by atoms with van der Waals surface area (Å²) in [4.78, 5) is 11.8.